The first-order valence-electron chi connectivity index (χ1n) is 15.7. The minimum atomic E-state index is -0.881. The summed E-state index contributed by atoms with van der Waals surface area (Å²) in [6.45, 7) is 6.95. The van der Waals surface area contributed by atoms with Crippen molar-refractivity contribution in [3.8, 4) is 11.3 Å². The Morgan fingerprint density at radius 2 is 1.60 bits per heavy atom. The molecule has 1 N–H and O–H groups in total. The number of fused-ring (bicyclic) bond motifs is 1. The van der Waals surface area contributed by atoms with Gasteiger partial charge in [-0.25, -0.2) is 14.6 Å². The average molecular weight is 677 g/mol. The van der Waals surface area contributed by atoms with Crippen LogP contribution in [0, 0.1) is 5.92 Å². The molecule has 2 amide bonds. The molecule has 0 radical (unpaired) electrons. The molecule has 4 aromatic rings. The highest BCUT2D eigenvalue weighted by molar-refractivity contribution is 6.39. The van der Waals surface area contributed by atoms with E-state index in [0.717, 1.165) is 41.3 Å². The van der Waals surface area contributed by atoms with Gasteiger partial charge in [-0.3, -0.25) is 4.79 Å². The van der Waals surface area contributed by atoms with Crippen molar-refractivity contribution in [1.29, 1.82) is 0 Å². The van der Waals surface area contributed by atoms with Gasteiger partial charge in [-0.1, -0.05) is 53.5 Å². The van der Waals surface area contributed by atoms with E-state index in [1.165, 1.54) is 7.11 Å². The first-order valence-corrected chi connectivity index (χ1v) is 16.5. The van der Waals surface area contributed by atoms with E-state index < -0.39 is 17.6 Å². The first-order chi connectivity index (χ1) is 22.4. The molecule has 1 saturated heterocycles. The van der Waals surface area contributed by atoms with E-state index in [0.29, 0.717) is 45.9 Å². The number of carbonyl (C=O) groups excluding carboxylic acids is 3. The summed E-state index contributed by atoms with van der Waals surface area (Å²) in [5.41, 5.74) is 3.98. The number of nitrogens with one attached hydrogen (secondary N) is 1. The van der Waals surface area contributed by atoms with Gasteiger partial charge in [0.2, 0.25) is 0 Å². The molecule has 3 aromatic carbocycles. The smallest absolute Gasteiger partial charge is 0.410 e. The van der Waals surface area contributed by atoms with Crippen LogP contribution >= 0.6 is 23.2 Å². The minimum absolute atomic E-state index is 0.243. The van der Waals surface area contributed by atoms with Crippen LogP contribution in [-0.2, 0) is 27.1 Å². The van der Waals surface area contributed by atoms with E-state index in [-0.39, 0.29) is 18.4 Å². The number of methoxy groups -OCH3 is 1. The summed E-state index contributed by atoms with van der Waals surface area (Å²) in [5.74, 6) is -0.453. The SMILES string of the molecule is COC(=O)[C@H](Cc1ccc2nc(-c3c(Cl)cccc3Cl)ccc2c1)NC(=O)c1ccc(CC2CCN(C(=O)OC(C)(C)C)CC2)cc1. The van der Waals surface area contributed by atoms with Crippen molar-refractivity contribution in [2.75, 3.05) is 20.2 Å². The van der Waals surface area contributed by atoms with Crippen molar-refractivity contribution >= 4 is 52.1 Å². The molecule has 10 heteroatoms. The third-order valence-electron chi connectivity index (χ3n) is 8.21. The number of ether oxygens (including phenoxy) is 2. The normalized spacial score (nSPS) is 14.5. The van der Waals surface area contributed by atoms with Crippen LogP contribution in [0.5, 0.6) is 0 Å². The zero-order valence-corrected chi connectivity index (χ0v) is 28.5. The van der Waals surface area contributed by atoms with Crippen LogP contribution in [0.4, 0.5) is 4.79 Å². The molecule has 1 fully saturated rings. The van der Waals surface area contributed by atoms with E-state index >= 15 is 0 Å². The van der Waals surface area contributed by atoms with Crippen LogP contribution < -0.4 is 5.32 Å². The highest BCUT2D eigenvalue weighted by Crippen LogP contribution is 2.34. The molecule has 8 nitrogen and oxygen atoms in total. The summed E-state index contributed by atoms with van der Waals surface area (Å²) < 4.78 is 10.5. The average Bonchev–Trinajstić information content (AvgIpc) is 3.04. The van der Waals surface area contributed by atoms with Gasteiger partial charge < -0.3 is 19.7 Å². The number of aromatic nitrogens is 1. The molecule has 0 saturated carbocycles. The summed E-state index contributed by atoms with van der Waals surface area (Å²) in [5, 5.41) is 4.76. The molecule has 1 atom stereocenters. The number of halogens is 2. The molecule has 0 spiro atoms. The Morgan fingerprint density at radius 1 is 0.936 bits per heavy atom. The molecule has 246 valence electrons. The quantitative estimate of drug-likeness (QED) is 0.191. The van der Waals surface area contributed by atoms with Crippen molar-refractivity contribution in [3.63, 3.8) is 0 Å². The molecule has 2 heterocycles. The number of likely N-dealkylation sites (tertiary alicyclic amines) is 1. The second-order valence-electron chi connectivity index (χ2n) is 12.9. The van der Waals surface area contributed by atoms with E-state index in [1.54, 1.807) is 35.2 Å². The zero-order valence-electron chi connectivity index (χ0n) is 27.0. The molecule has 1 aliphatic rings. The highest BCUT2D eigenvalue weighted by atomic mass is 35.5. The Labute approximate surface area is 285 Å². The van der Waals surface area contributed by atoms with Gasteiger partial charge in [0.25, 0.3) is 5.91 Å². The molecule has 47 heavy (non-hydrogen) atoms. The monoisotopic (exact) mass is 675 g/mol. The molecule has 0 unspecified atom stereocenters. The summed E-state index contributed by atoms with van der Waals surface area (Å²) in [7, 11) is 1.31. The van der Waals surface area contributed by atoms with E-state index in [1.807, 2.05) is 63.2 Å². The van der Waals surface area contributed by atoms with Crippen LogP contribution in [0.3, 0.4) is 0 Å². The number of piperidine rings is 1. The lowest BCUT2D eigenvalue weighted by Gasteiger charge is -2.33. The molecule has 5 rings (SSSR count). The van der Waals surface area contributed by atoms with Gasteiger partial charge >= 0.3 is 12.1 Å². The minimum Gasteiger partial charge on any atom is -0.467 e. The van der Waals surface area contributed by atoms with Crippen LogP contribution in [0.25, 0.3) is 22.2 Å². The number of hydrogen-bond acceptors (Lipinski definition) is 6. The number of pyridine rings is 1. The number of rotatable bonds is 8. The van der Waals surface area contributed by atoms with Gasteiger partial charge in [-0.15, -0.1) is 0 Å². The number of amides is 2. The predicted octanol–water partition coefficient (Wildman–Crippen LogP) is 7.91. The maximum Gasteiger partial charge on any atom is 0.410 e. The fourth-order valence-electron chi connectivity index (χ4n) is 5.77. The Bertz CT molecular complexity index is 1740. The summed E-state index contributed by atoms with van der Waals surface area (Å²) in [6.07, 6.45) is 2.63. The summed E-state index contributed by atoms with van der Waals surface area (Å²) in [6, 6.07) is 21.4. The maximum atomic E-state index is 13.2. The molecule has 1 aromatic heterocycles. The Kier molecular flexibility index (Phi) is 10.7. The Balaban J connectivity index is 1.19. The van der Waals surface area contributed by atoms with Crippen LogP contribution in [0.15, 0.2) is 72.8 Å². The van der Waals surface area contributed by atoms with Gasteiger partial charge in [0, 0.05) is 36.0 Å². The molecular formula is C37H39Cl2N3O5. The van der Waals surface area contributed by atoms with Gasteiger partial charge in [-0.2, -0.15) is 0 Å². The van der Waals surface area contributed by atoms with Crippen molar-refractivity contribution < 1.29 is 23.9 Å². The topological polar surface area (TPSA) is 97.8 Å². The largest absolute Gasteiger partial charge is 0.467 e. The Hall–Kier alpha value is -4.14. The number of carbonyl (C=O) groups is 3. The highest BCUT2D eigenvalue weighted by Gasteiger charge is 2.27. The van der Waals surface area contributed by atoms with Gasteiger partial charge in [-0.05, 0) is 99.5 Å². The second-order valence-corrected chi connectivity index (χ2v) is 13.7. The fraction of sp³-hybridized carbons (Fsp3) is 0.351. The van der Waals surface area contributed by atoms with E-state index in [9.17, 15) is 14.4 Å². The predicted molar refractivity (Wildman–Crippen MR) is 185 cm³/mol. The third kappa shape index (κ3) is 8.82. The number of benzene rings is 3. The Morgan fingerprint density at radius 3 is 2.23 bits per heavy atom. The zero-order chi connectivity index (χ0) is 33.7. The van der Waals surface area contributed by atoms with Crippen molar-refractivity contribution in [2.45, 2.75) is 58.1 Å². The number of nitrogens with zero attached hydrogens (tertiary/aromatic N) is 2. The lowest BCUT2D eigenvalue weighted by molar-refractivity contribution is -0.142. The third-order valence-corrected chi connectivity index (χ3v) is 8.84. The van der Waals surface area contributed by atoms with Crippen LogP contribution in [0.1, 0.15) is 55.1 Å². The lowest BCUT2D eigenvalue weighted by atomic mass is 9.90. The number of esters is 1. The first kappa shape index (κ1) is 34.2. The van der Waals surface area contributed by atoms with E-state index in [2.05, 4.69) is 5.32 Å². The summed E-state index contributed by atoms with van der Waals surface area (Å²) >= 11 is 12.8. The molecule has 0 aliphatic carbocycles. The maximum absolute atomic E-state index is 13.2. The van der Waals surface area contributed by atoms with Crippen molar-refractivity contribution in [2.24, 2.45) is 5.92 Å². The molecule has 0 bridgehead atoms. The molecular weight excluding hydrogens is 637 g/mol. The van der Waals surface area contributed by atoms with Crippen LogP contribution in [-0.4, -0.2) is 59.7 Å². The fourth-order valence-corrected chi connectivity index (χ4v) is 6.36. The number of hydrogen-bond donors (Lipinski definition) is 1. The van der Waals surface area contributed by atoms with Crippen molar-refractivity contribution in [3.05, 3.63) is 99.5 Å². The van der Waals surface area contributed by atoms with Gasteiger partial charge in [0.15, 0.2) is 0 Å². The summed E-state index contributed by atoms with van der Waals surface area (Å²) in [4.78, 5) is 44.8. The van der Waals surface area contributed by atoms with Gasteiger partial charge in [0.05, 0.1) is 28.4 Å². The second kappa shape index (κ2) is 14.7. The molecule has 1 aliphatic heterocycles. The van der Waals surface area contributed by atoms with Crippen molar-refractivity contribution in [1.82, 2.24) is 15.2 Å². The van der Waals surface area contributed by atoms with Gasteiger partial charge in [0.1, 0.15) is 11.6 Å². The van der Waals surface area contributed by atoms with E-state index in [4.69, 9.17) is 37.7 Å². The standard InChI is InChI=1S/C37H39Cl2N3O5/c1-37(2,3)47-36(45)42-18-16-24(17-19-42)20-23-8-11-26(12-9-23)34(43)41-32(35(44)46-4)22-25-10-14-30-27(21-25)13-15-31(40-30)33-28(38)6-5-7-29(33)39/h5-15,21,24,32H,16-20,22H2,1-4H3,(H,41,43)/t32-/m0/s1. The lowest BCUT2D eigenvalue weighted by Crippen LogP contribution is -2.43. The van der Waals surface area contributed by atoms with Crippen LogP contribution in [0.2, 0.25) is 10.0 Å².